The minimum Gasteiger partial charge on any atom is -0.480 e. The number of rotatable bonds is 6. The van der Waals surface area contributed by atoms with Crippen LogP contribution in [0.3, 0.4) is 0 Å². The lowest BCUT2D eigenvalue weighted by molar-refractivity contribution is -0.144. The molecule has 18 heavy (non-hydrogen) atoms. The molecule has 2 amide bonds. The van der Waals surface area contributed by atoms with Gasteiger partial charge in [-0.15, -0.1) is 0 Å². The number of carbonyl (C=O) groups is 2. The molecular formula is C12H22N2O3S. The van der Waals surface area contributed by atoms with Gasteiger partial charge in [-0.3, -0.25) is 0 Å². The first-order valence-corrected chi connectivity index (χ1v) is 7.50. The molecule has 6 heteroatoms. The van der Waals surface area contributed by atoms with E-state index in [2.05, 4.69) is 10.6 Å². The van der Waals surface area contributed by atoms with Gasteiger partial charge in [-0.1, -0.05) is 13.3 Å². The topological polar surface area (TPSA) is 78.4 Å². The van der Waals surface area contributed by atoms with E-state index in [9.17, 15) is 9.59 Å². The second-order valence-electron chi connectivity index (χ2n) is 4.95. The molecule has 0 radical (unpaired) electrons. The molecular weight excluding hydrogens is 252 g/mol. The Balaban J connectivity index is 2.38. The maximum atomic E-state index is 11.7. The van der Waals surface area contributed by atoms with E-state index in [1.807, 2.05) is 18.7 Å². The van der Waals surface area contributed by atoms with Crippen molar-refractivity contribution in [2.75, 3.05) is 18.1 Å². The van der Waals surface area contributed by atoms with Crippen molar-refractivity contribution >= 4 is 23.8 Å². The minimum atomic E-state index is -1.18. The Kier molecular flexibility index (Phi) is 5.78. The zero-order valence-electron chi connectivity index (χ0n) is 11.0. The SMILES string of the molecule is CCCC(C)(NC(=O)NCC1CCSC1)C(=O)O. The summed E-state index contributed by atoms with van der Waals surface area (Å²) in [4.78, 5) is 22.9. The fraction of sp³-hybridized carbons (Fsp3) is 0.833. The summed E-state index contributed by atoms with van der Waals surface area (Å²) in [5.74, 6) is 1.75. The molecule has 2 unspecified atom stereocenters. The number of hydrogen-bond donors (Lipinski definition) is 3. The summed E-state index contributed by atoms with van der Waals surface area (Å²) < 4.78 is 0. The monoisotopic (exact) mass is 274 g/mol. The highest BCUT2D eigenvalue weighted by molar-refractivity contribution is 7.99. The molecule has 0 spiro atoms. The van der Waals surface area contributed by atoms with Gasteiger partial charge in [-0.25, -0.2) is 9.59 Å². The summed E-state index contributed by atoms with van der Waals surface area (Å²) in [6, 6.07) is -0.384. The van der Waals surface area contributed by atoms with E-state index in [0.717, 1.165) is 17.9 Å². The van der Waals surface area contributed by atoms with Gasteiger partial charge in [0.1, 0.15) is 5.54 Å². The second-order valence-corrected chi connectivity index (χ2v) is 6.10. The molecule has 0 aromatic carbocycles. The van der Waals surface area contributed by atoms with Crippen LogP contribution >= 0.6 is 11.8 Å². The van der Waals surface area contributed by atoms with E-state index < -0.39 is 11.5 Å². The Labute approximate surface area is 112 Å². The Morgan fingerprint density at radius 3 is 2.72 bits per heavy atom. The number of hydrogen-bond acceptors (Lipinski definition) is 3. The molecule has 0 aromatic heterocycles. The van der Waals surface area contributed by atoms with E-state index in [-0.39, 0.29) is 6.03 Å². The van der Waals surface area contributed by atoms with Gasteiger partial charge in [-0.05, 0) is 37.2 Å². The van der Waals surface area contributed by atoms with Gasteiger partial charge < -0.3 is 15.7 Å². The summed E-state index contributed by atoms with van der Waals surface area (Å²) in [5.41, 5.74) is -1.18. The lowest BCUT2D eigenvalue weighted by Gasteiger charge is -2.26. The number of carbonyl (C=O) groups excluding carboxylic acids is 1. The molecule has 0 bridgehead atoms. The predicted molar refractivity (Wildman–Crippen MR) is 72.9 cm³/mol. The normalized spacial score (nSPS) is 22.2. The first kappa shape index (κ1) is 15.1. The average Bonchev–Trinajstić information content (AvgIpc) is 2.79. The molecule has 1 aliphatic heterocycles. The van der Waals surface area contributed by atoms with E-state index in [4.69, 9.17) is 5.11 Å². The maximum absolute atomic E-state index is 11.7. The molecule has 0 saturated carbocycles. The van der Waals surface area contributed by atoms with Crippen molar-refractivity contribution in [3.05, 3.63) is 0 Å². The average molecular weight is 274 g/mol. The van der Waals surface area contributed by atoms with Crippen LogP contribution in [-0.2, 0) is 4.79 Å². The molecule has 1 heterocycles. The number of amides is 2. The third-order valence-electron chi connectivity index (χ3n) is 3.19. The van der Waals surface area contributed by atoms with Gasteiger partial charge in [0.25, 0.3) is 0 Å². The number of nitrogens with one attached hydrogen (secondary N) is 2. The quantitative estimate of drug-likeness (QED) is 0.688. The molecule has 0 aliphatic carbocycles. The zero-order chi connectivity index (χ0) is 13.6. The van der Waals surface area contributed by atoms with Crippen LogP contribution in [0.4, 0.5) is 4.79 Å². The molecule has 1 aliphatic rings. The predicted octanol–water partition coefficient (Wildman–Crippen LogP) is 1.68. The fourth-order valence-corrected chi connectivity index (χ4v) is 3.28. The Morgan fingerprint density at radius 1 is 1.50 bits per heavy atom. The Bertz CT molecular complexity index is 306. The number of aliphatic carboxylic acids is 1. The first-order valence-electron chi connectivity index (χ1n) is 6.35. The van der Waals surface area contributed by atoms with Gasteiger partial charge >= 0.3 is 12.0 Å². The van der Waals surface area contributed by atoms with Crippen molar-refractivity contribution in [2.45, 2.75) is 38.6 Å². The zero-order valence-corrected chi connectivity index (χ0v) is 11.8. The van der Waals surface area contributed by atoms with Crippen LogP contribution in [-0.4, -0.2) is 40.7 Å². The lowest BCUT2D eigenvalue weighted by Crippen LogP contribution is -2.55. The van der Waals surface area contributed by atoms with E-state index in [0.29, 0.717) is 25.3 Å². The van der Waals surface area contributed by atoms with Crippen LogP contribution in [0.2, 0.25) is 0 Å². The summed E-state index contributed by atoms with van der Waals surface area (Å²) in [5, 5.41) is 14.5. The van der Waals surface area contributed by atoms with E-state index in [1.54, 1.807) is 6.92 Å². The second kappa shape index (κ2) is 6.87. The third kappa shape index (κ3) is 4.40. The van der Waals surface area contributed by atoms with Crippen molar-refractivity contribution in [2.24, 2.45) is 5.92 Å². The van der Waals surface area contributed by atoms with Gasteiger partial charge in [-0.2, -0.15) is 11.8 Å². The molecule has 3 N–H and O–H groups in total. The van der Waals surface area contributed by atoms with Crippen molar-refractivity contribution in [3.8, 4) is 0 Å². The molecule has 0 aromatic rings. The summed E-state index contributed by atoms with van der Waals surface area (Å²) in [7, 11) is 0. The van der Waals surface area contributed by atoms with Crippen molar-refractivity contribution in [3.63, 3.8) is 0 Å². The molecule has 1 saturated heterocycles. The molecule has 5 nitrogen and oxygen atoms in total. The van der Waals surface area contributed by atoms with Crippen LogP contribution in [0.25, 0.3) is 0 Å². The summed E-state index contributed by atoms with van der Waals surface area (Å²) in [6.07, 6.45) is 2.26. The number of carboxylic acids is 1. The van der Waals surface area contributed by atoms with Gasteiger partial charge in [0, 0.05) is 6.54 Å². The van der Waals surface area contributed by atoms with Gasteiger partial charge in [0.2, 0.25) is 0 Å². The third-order valence-corrected chi connectivity index (χ3v) is 4.42. The lowest BCUT2D eigenvalue weighted by atomic mass is 9.96. The number of urea groups is 1. The largest absolute Gasteiger partial charge is 0.480 e. The van der Waals surface area contributed by atoms with Gasteiger partial charge in [0.15, 0.2) is 0 Å². The smallest absolute Gasteiger partial charge is 0.329 e. The summed E-state index contributed by atoms with van der Waals surface area (Å²) in [6.45, 7) is 4.07. The molecule has 1 rings (SSSR count). The van der Waals surface area contributed by atoms with Gasteiger partial charge in [0.05, 0.1) is 0 Å². The van der Waals surface area contributed by atoms with E-state index in [1.165, 1.54) is 0 Å². The summed E-state index contributed by atoms with van der Waals surface area (Å²) >= 11 is 1.89. The van der Waals surface area contributed by atoms with Crippen LogP contribution in [0.1, 0.15) is 33.1 Å². The van der Waals surface area contributed by atoms with Crippen molar-refractivity contribution in [1.29, 1.82) is 0 Å². The maximum Gasteiger partial charge on any atom is 0.329 e. The van der Waals surface area contributed by atoms with Crippen LogP contribution in [0, 0.1) is 5.92 Å². The van der Waals surface area contributed by atoms with Crippen molar-refractivity contribution in [1.82, 2.24) is 10.6 Å². The molecule has 104 valence electrons. The Morgan fingerprint density at radius 2 is 2.22 bits per heavy atom. The molecule has 2 atom stereocenters. The fourth-order valence-electron chi connectivity index (χ4n) is 2.00. The molecule has 1 fully saturated rings. The first-order chi connectivity index (χ1) is 8.48. The van der Waals surface area contributed by atoms with Crippen molar-refractivity contribution < 1.29 is 14.7 Å². The van der Waals surface area contributed by atoms with Crippen LogP contribution < -0.4 is 10.6 Å². The highest BCUT2D eigenvalue weighted by atomic mass is 32.2. The minimum absolute atomic E-state index is 0.384. The Hall–Kier alpha value is -0.910. The highest BCUT2D eigenvalue weighted by Crippen LogP contribution is 2.22. The van der Waals surface area contributed by atoms with Crippen LogP contribution in [0.15, 0.2) is 0 Å². The highest BCUT2D eigenvalue weighted by Gasteiger charge is 2.33. The number of thioether (sulfide) groups is 1. The number of carboxylic acid groups (broad SMARTS) is 1. The van der Waals surface area contributed by atoms with Crippen LogP contribution in [0.5, 0.6) is 0 Å². The standard InChI is InChI=1S/C12H22N2O3S/c1-3-5-12(2,10(15)16)14-11(17)13-7-9-4-6-18-8-9/h9H,3-8H2,1-2H3,(H,15,16)(H2,13,14,17). The van der Waals surface area contributed by atoms with E-state index >= 15 is 0 Å².